The normalized spacial score (nSPS) is 21.1. The maximum Gasteiger partial charge on any atom is 0.406 e. The fraction of sp³-hybridized carbons (Fsp3) is 0.690. The number of piperidine rings is 1. The zero-order valence-electron chi connectivity index (χ0n) is 34.7. The summed E-state index contributed by atoms with van der Waals surface area (Å²) in [5.74, 6) is 0.296. The van der Waals surface area contributed by atoms with Crippen LogP contribution in [0.25, 0.3) is 0 Å². The second kappa shape index (κ2) is 21.7. The van der Waals surface area contributed by atoms with E-state index in [4.69, 9.17) is 4.74 Å². The zero-order valence-corrected chi connectivity index (χ0v) is 34.7. The van der Waals surface area contributed by atoms with Crippen LogP contribution < -0.4 is 27.0 Å². The SMILES string of the molecule is C=C(C(NC(=O)NC(COC(=O)NC)C(C)(C)C)C1Cc2ccccc2C1)N1C[C@@H]2C[C@@H]2C1C(=O)NC(C)CC1CCC1.CC.CC(=O)C(N)=O.CCC. The van der Waals surface area contributed by atoms with E-state index in [0.29, 0.717) is 11.8 Å². The standard InChI is InChI=1S/C34H51N5O4.C3H5NO2.C3H8.C2H6/c1-20(14-22-10-9-11-22)36-31(40)30-27-17-26(27)18-39(30)21(2)29(25-15-23-12-7-8-13-24(23)16-25)38-32(41)37-28(34(3,4)5)19-43-33(42)35-6;1-2(5)3(4)6;1-3-2;1-2/h7-8,12-13,20,22,25-30H,2,9-11,14-19H2,1,3-6H3,(H,35,42)(H,36,40)(H2,37,38,41);1H3,(H2,4,6);3H2,1-2H3;1-2H3/t20?,26-,27-,28?,29?,30?;;;/m0.../s1. The molecule has 5 rings (SSSR count). The molecule has 5 amide bonds. The first kappa shape index (κ1) is 46.1. The van der Waals surface area contributed by atoms with Gasteiger partial charge in [-0.05, 0) is 72.8 Å². The number of carbonyl (C=O) groups excluding carboxylic acids is 5. The van der Waals surface area contributed by atoms with Crippen LogP contribution >= 0.6 is 0 Å². The molecule has 1 heterocycles. The number of urea groups is 1. The molecule has 12 heteroatoms. The lowest BCUT2D eigenvalue weighted by Gasteiger charge is -2.38. The quantitative estimate of drug-likeness (QED) is 0.166. The number of amides is 5. The van der Waals surface area contributed by atoms with Gasteiger partial charge in [-0.2, -0.15) is 0 Å². The summed E-state index contributed by atoms with van der Waals surface area (Å²) in [6.07, 6.45) is 8.33. The average molecular weight is 755 g/mol. The molecule has 0 aromatic heterocycles. The molecule has 304 valence electrons. The Labute approximate surface area is 324 Å². The lowest BCUT2D eigenvalue weighted by atomic mass is 9.81. The van der Waals surface area contributed by atoms with Crippen LogP contribution in [0.3, 0.4) is 0 Å². The van der Waals surface area contributed by atoms with Crippen LogP contribution in [0, 0.1) is 29.1 Å². The first-order valence-electron chi connectivity index (χ1n) is 20.0. The largest absolute Gasteiger partial charge is 0.447 e. The summed E-state index contributed by atoms with van der Waals surface area (Å²) in [5, 5.41) is 12.1. The van der Waals surface area contributed by atoms with Gasteiger partial charge < -0.3 is 36.6 Å². The predicted octanol–water partition coefficient (Wildman–Crippen LogP) is 5.87. The number of hydrogen-bond donors (Lipinski definition) is 5. The number of rotatable bonds is 12. The first-order valence-corrected chi connectivity index (χ1v) is 20.0. The van der Waals surface area contributed by atoms with Crippen molar-refractivity contribution in [3.63, 3.8) is 0 Å². The van der Waals surface area contributed by atoms with Crippen molar-refractivity contribution in [2.45, 2.75) is 138 Å². The maximum absolute atomic E-state index is 13.7. The molecule has 0 spiro atoms. The smallest absolute Gasteiger partial charge is 0.406 e. The van der Waals surface area contributed by atoms with Crippen molar-refractivity contribution in [1.82, 2.24) is 26.2 Å². The van der Waals surface area contributed by atoms with Crippen molar-refractivity contribution in [1.29, 1.82) is 0 Å². The number of ether oxygens (including phenoxy) is 1. The van der Waals surface area contributed by atoms with E-state index < -0.39 is 23.8 Å². The maximum atomic E-state index is 13.7. The minimum Gasteiger partial charge on any atom is -0.447 e. The summed E-state index contributed by atoms with van der Waals surface area (Å²) in [4.78, 5) is 60.5. The Bertz CT molecular complexity index is 1380. The molecule has 4 aliphatic rings. The van der Waals surface area contributed by atoms with E-state index in [0.717, 1.165) is 50.8 Å². The Kier molecular flexibility index (Phi) is 18.5. The number of hydrogen-bond acceptors (Lipinski definition) is 7. The highest BCUT2D eigenvalue weighted by Gasteiger charge is 2.56. The zero-order chi connectivity index (χ0) is 40.7. The molecular weight excluding hydrogens is 684 g/mol. The molecule has 12 nitrogen and oxygen atoms in total. The van der Waals surface area contributed by atoms with Gasteiger partial charge in [0.2, 0.25) is 11.7 Å². The van der Waals surface area contributed by atoms with Gasteiger partial charge in [-0.1, -0.05) is 105 Å². The van der Waals surface area contributed by atoms with Crippen LogP contribution in [0.15, 0.2) is 36.5 Å². The highest BCUT2D eigenvalue weighted by atomic mass is 16.5. The fourth-order valence-corrected chi connectivity index (χ4v) is 7.27. The molecular formula is C42H70N6O6. The fourth-order valence-electron chi connectivity index (χ4n) is 7.27. The molecule has 3 fully saturated rings. The third-order valence-corrected chi connectivity index (χ3v) is 10.6. The lowest BCUT2D eigenvalue weighted by Crippen LogP contribution is -2.57. The van der Waals surface area contributed by atoms with Gasteiger partial charge in [0.15, 0.2) is 0 Å². The van der Waals surface area contributed by atoms with E-state index in [1.165, 1.54) is 43.9 Å². The van der Waals surface area contributed by atoms with Gasteiger partial charge in [0.25, 0.3) is 5.91 Å². The van der Waals surface area contributed by atoms with Gasteiger partial charge >= 0.3 is 12.1 Å². The highest BCUT2D eigenvalue weighted by Crippen LogP contribution is 2.51. The van der Waals surface area contributed by atoms with E-state index in [1.54, 1.807) is 0 Å². The third-order valence-electron chi connectivity index (χ3n) is 10.6. The molecule has 6 atom stereocenters. The van der Waals surface area contributed by atoms with Crippen molar-refractivity contribution >= 4 is 29.7 Å². The molecule has 3 aliphatic carbocycles. The van der Waals surface area contributed by atoms with Gasteiger partial charge in [-0.3, -0.25) is 14.4 Å². The Balaban J connectivity index is 0.000000813. The number of alkyl carbamates (subject to hydrolysis) is 1. The number of benzene rings is 1. The Morgan fingerprint density at radius 2 is 1.56 bits per heavy atom. The summed E-state index contributed by atoms with van der Waals surface area (Å²) in [6, 6.07) is 7.25. The number of likely N-dealkylation sites (tertiary alicyclic amines) is 1. The number of primary amides is 1. The Morgan fingerprint density at radius 1 is 1.00 bits per heavy atom. The Morgan fingerprint density at radius 3 is 2.02 bits per heavy atom. The summed E-state index contributed by atoms with van der Waals surface area (Å²) in [7, 11) is 1.51. The van der Waals surface area contributed by atoms with Crippen molar-refractivity contribution in [2.75, 3.05) is 20.2 Å². The first-order chi connectivity index (χ1) is 25.5. The lowest BCUT2D eigenvalue weighted by molar-refractivity contribution is -0.134. The molecule has 4 unspecified atom stereocenters. The van der Waals surface area contributed by atoms with Gasteiger partial charge in [0.1, 0.15) is 12.6 Å². The van der Waals surface area contributed by atoms with Crippen molar-refractivity contribution in [3.8, 4) is 0 Å². The van der Waals surface area contributed by atoms with Crippen LogP contribution in [-0.4, -0.2) is 79.0 Å². The number of nitrogens with zero attached hydrogens (tertiary/aromatic N) is 1. The van der Waals surface area contributed by atoms with Crippen LogP contribution in [0.4, 0.5) is 9.59 Å². The minimum atomic E-state index is -0.880. The van der Waals surface area contributed by atoms with Gasteiger partial charge in [-0.25, -0.2) is 9.59 Å². The van der Waals surface area contributed by atoms with E-state index in [2.05, 4.69) is 83.5 Å². The number of nitrogens with one attached hydrogen (secondary N) is 4. The van der Waals surface area contributed by atoms with Gasteiger partial charge in [-0.15, -0.1) is 0 Å². The molecule has 54 heavy (non-hydrogen) atoms. The highest BCUT2D eigenvalue weighted by molar-refractivity contribution is 6.34. The summed E-state index contributed by atoms with van der Waals surface area (Å²) in [6.45, 7) is 22.9. The molecule has 6 N–H and O–H groups in total. The monoisotopic (exact) mass is 755 g/mol. The average Bonchev–Trinajstić information content (AvgIpc) is 3.54. The molecule has 1 saturated heterocycles. The molecule has 0 radical (unpaired) electrons. The molecule has 2 saturated carbocycles. The van der Waals surface area contributed by atoms with Gasteiger partial charge in [0, 0.05) is 32.3 Å². The molecule has 0 bridgehead atoms. The molecule has 1 aromatic carbocycles. The van der Waals surface area contributed by atoms with E-state index >= 15 is 0 Å². The molecule has 1 aliphatic heterocycles. The van der Waals surface area contributed by atoms with Crippen molar-refractivity contribution < 1.29 is 28.7 Å². The van der Waals surface area contributed by atoms with Crippen LogP contribution in [0.5, 0.6) is 0 Å². The second-order valence-corrected chi connectivity index (χ2v) is 16.1. The van der Waals surface area contributed by atoms with E-state index in [1.807, 2.05) is 34.6 Å². The Hall–Kier alpha value is -4.09. The van der Waals surface area contributed by atoms with Crippen molar-refractivity contribution in [2.24, 2.45) is 34.8 Å². The number of nitrogens with two attached hydrogens (primary N) is 1. The van der Waals surface area contributed by atoms with Crippen LogP contribution in [0.1, 0.15) is 112 Å². The number of carbonyl (C=O) groups is 5. The van der Waals surface area contributed by atoms with Crippen molar-refractivity contribution in [3.05, 3.63) is 47.7 Å². The summed E-state index contributed by atoms with van der Waals surface area (Å²) in [5.41, 5.74) is 7.49. The predicted molar refractivity (Wildman–Crippen MR) is 214 cm³/mol. The second-order valence-electron chi connectivity index (χ2n) is 16.1. The number of fused-ring (bicyclic) bond motifs is 2. The van der Waals surface area contributed by atoms with Crippen LogP contribution in [-0.2, 0) is 32.0 Å². The minimum absolute atomic E-state index is 0.0495. The van der Waals surface area contributed by atoms with E-state index in [-0.39, 0.29) is 48.0 Å². The van der Waals surface area contributed by atoms with Gasteiger partial charge in [0.05, 0.1) is 12.1 Å². The number of Topliss-reactive ketones (excluding diaryl/α,β-unsaturated/α-hetero) is 1. The summed E-state index contributed by atoms with van der Waals surface area (Å²) < 4.78 is 5.32. The summed E-state index contributed by atoms with van der Waals surface area (Å²) >= 11 is 0. The number of ketones is 1. The molecule has 1 aromatic rings. The topological polar surface area (TPSA) is 172 Å². The van der Waals surface area contributed by atoms with E-state index in [9.17, 15) is 24.0 Å². The third kappa shape index (κ3) is 13.6. The van der Waals surface area contributed by atoms with Crippen LogP contribution in [0.2, 0.25) is 0 Å².